The van der Waals surface area contributed by atoms with Gasteiger partial charge in [0.25, 0.3) is 0 Å². The largest absolute Gasteiger partial charge is 0.416 e. The van der Waals surface area contributed by atoms with E-state index in [1.54, 1.807) is 6.07 Å². The minimum absolute atomic E-state index is 0.0140. The number of benzene rings is 1. The molecule has 0 bridgehead atoms. The number of nitrogen functional groups attached to an aromatic ring is 1. The summed E-state index contributed by atoms with van der Waals surface area (Å²) in [6, 6.07) is 5.34. The maximum Gasteiger partial charge on any atom is 0.416 e. The lowest BCUT2D eigenvalue weighted by Gasteiger charge is -2.11. The highest BCUT2D eigenvalue weighted by molar-refractivity contribution is 5.30. The van der Waals surface area contributed by atoms with E-state index in [1.807, 2.05) is 0 Å². The number of aromatic nitrogens is 3. The van der Waals surface area contributed by atoms with E-state index in [-0.39, 0.29) is 17.9 Å². The summed E-state index contributed by atoms with van der Waals surface area (Å²) in [4.78, 5) is 0. The lowest BCUT2D eigenvalue weighted by atomic mass is 10.1. The molecule has 1 heterocycles. The molecule has 0 radical (unpaired) electrons. The molecule has 2 rings (SSSR count). The SMILES string of the molecule is Nc1cn(Cc2ccccc2C(F)(F)F)nn1. The van der Waals surface area contributed by atoms with Gasteiger partial charge in [-0.1, -0.05) is 23.4 Å². The van der Waals surface area contributed by atoms with Crippen molar-refractivity contribution >= 4 is 5.82 Å². The molecule has 0 fully saturated rings. The predicted octanol–water partition coefficient (Wildman–Crippen LogP) is 1.93. The topological polar surface area (TPSA) is 56.7 Å². The number of hydrogen-bond donors (Lipinski definition) is 1. The van der Waals surface area contributed by atoms with Gasteiger partial charge in [0.15, 0.2) is 5.82 Å². The third-order valence-electron chi connectivity index (χ3n) is 2.21. The highest BCUT2D eigenvalue weighted by Crippen LogP contribution is 2.32. The molecule has 7 heteroatoms. The Kier molecular flexibility index (Phi) is 2.74. The van der Waals surface area contributed by atoms with E-state index in [2.05, 4.69) is 10.3 Å². The van der Waals surface area contributed by atoms with Crippen LogP contribution in [-0.4, -0.2) is 15.0 Å². The van der Waals surface area contributed by atoms with Gasteiger partial charge in [-0.15, -0.1) is 5.10 Å². The molecular weight excluding hydrogens is 233 g/mol. The Labute approximate surface area is 94.9 Å². The van der Waals surface area contributed by atoms with Crippen molar-refractivity contribution in [1.29, 1.82) is 0 Å². The van der Waals surface area contributed by atoms with Gasteiger partial charge in [0.1, 0.15) is 0 Å². The number of halogens is 3. The second-order valence-electron chi connectivity index (χ2n) is 3.50. The summed E-state index contributed by atoms with van der Waals surface area (Å²) in [5.41, 5.74) is 4.80. The van der Waals surface area contributed by atoms with Crippen molar-refractivity contribution in [2.75, 3.05) is 5.73 Å². The van der Waals surface area contributed by atoms with Crippen LogP contribution in [0.4, 0.5) is 19.0 Å². The van der Waals surface area contributed by atoms with Gasteiger partial charge < -0.3 is 5.73 Å². The highest BCUT2D eigenvalue weighted by atomic mass is 19.4. The van der Waals surface area contributed by atoms with Gasteiger partial charge in [-0.3, -0.25) is 0 Å². The van der Waals surface area contributed by atoms with Gasteiger partial charge >= 0.3 is 6.18 Å². The lowest BCUT2D eigenvalue weighted by Crippen LogP contribution is -2.11. The average Bonchev–Trinajstić information content (AvgIpc) is 2.63. The molecule has 0 aliphatic rings. The molecule has 4 nitrogen and oxygen atoms in total. The van der Waals surface area contributed by atoms with E-state index in [1.165, 1.54) is 23.0 Å². The van der Waals surface area contributed by atoms with Crippen LogP contribution >= 0.6 is 0 Å². The van der Waals surface area contributed by atoms with Crippen LogP contribution in [0.25, 0.3) is 0 Å². The molecule has 0 unspecified atom stereocenters. The van der Waals surface area contributed by atoms with E-state index in [0.29, 0.717) is 0 Å². The molecule has 0 spiro atoms. The van der Waals surface area contributed by atoms with Crippen LogP contribution in [0, 0.1) is 0 Å². The second kappa shape index (κ2) is 4.08. The predicted molar refractivity (Wildman–Crippen MR) is 55.0 cm³/mol. The molecule has 0 saturated carbocycles. The summed E-state index contributed by atoms with van der Waals surface area (Å²) in [5.74, 6) is 0.175. The van der Waals surface area contributed by atoms with Crippen LogP contribution in [0.5, 0.6) is 0 Å². The van der Waals surface area contributed by atoms with Crippen LogP contribution in [0.2, 0.25) is 0 Å². The molecular formula is C10H9F3N4. The van der Waals surface area contributed by atoms with E-state index < -0.39 is 11.7 Å². The highest BCUT2D eigenvalue weighted by Gasteiger charge is 2.32. The smallest absolute Gasteiger partial charge is 0.381 e. The van der Waals surface area contributed by atoms with Crippen LogP contribution in [0.15, 0.2) is 30.5 Å². The zero-order valence-electron chi connectivity index (χ0n) is 8.65. The minimum atomic E-state index is -4.37. The Balaban J connectivity index is 2.33. The number of nitrogens with two attached hydrogens (primary N) is 1. The van der Waals surface area contributed by atoms with Crippen molar-refractivity contribution in [3.05, 3.63) is 41.6 Å². The molecule has 0 aliphatic carbocycles. The molecule has 0 saturated heterocycles. The van der Waals surface area contributed by atoms with Crippen molar-refractivity contribution in [1.82, 2.24) is 15.0 Å². The van der Waals surface area contributed by atoms with Crippen LogP contribution in [0.1, 0.15) is 11.1 Å². The zero-order valence-corrected chi connectivity index (χ0v) is 8.65. The first-order valence-corrected chi connectivity index (χ1v) is 4.77. The molecule has 90 valence electrons. The monoisotopic (exact) mass is 242 g/mol. The second-order valence-corrected chi connectivity index (χ2v) is 3.50. The van der Waals surface area contributed by atoms with Gasteiger partial charge in [-0.2, -0.15) is 13.2 Å². The lowest BCUT2D eigenvalue weighted by molar-refractivity contribution is -0.138. The fourth-order valence-corrected chi connectivity index (χ4v) is 1.50. The van der Waals surface area contributed by atoms with Crippen LogP contribution < -0.4 is 5.73 Å². The standard InChI is InChI=1S/C10H9F3N4/c11-10(12,13)8-4-2-1-3-7(8)5-17-6-9(14)15-16-17/h1-4,6H,5,14H2. The molecule has 1 aromatic carbocycles. The van der Waals surface area contributed by atoms with Crippen LogP contribution in [-0.2, 0) is 12.7 Å². The Hall–Kier alpha value is -2.05. The quantitative estimate of drug-likeness (QED) is 0.875. The third kappa shape index (κ3) is 2.55. The maximum absolute atomic E-state index is 12.7. The van der Waals surface area contributed by atoms with E-state index in [4.69, 9.17) is 5.73 Å². The van der Waals surface area contributed by atoms with Gasteiger partial charge in [-0.05, 0) is 11.6 Å². The molecule has 0 atom stereocenters. The summed E-state index contributed by atoms with van der Waals surface area (Å²) in [6.45, 7) is -0.0140. The molecule has 1 aromatic heterocycles. The van der Waals surface area contributed by atoms with Gasteiger partial charge in [0.2, 0.25) is 0 Å². The third-order valence-corrected chi connectivity index (χ3v) is 2.21. The summed E-state index contributed by atoms with van der Waals surface area (Å²) >= 11 is 0. The molecule has 2 aromatic rings. The van der Waals surface area contributed by atoms with Gasteiger partial charge in [-0.25, -0.2) is 4.68 Å². The Morgan fingerprint density at radius 1 is 1.24 bits per heavy atom. The molecule has 2 N–H and O–H groups in total. The number of hydrogen-bond acceptors (Lipinski definition) is 3. The molecule has 17 heavy (non-hydrogen) atoms. The molecule has 0 aliphatic heterocycles. The first-order chi connectivity index (χ1) is 7.97. The van der Waals surface area contributed by atoms with Gasteiger partial charge in [0, 0.05) is 0 Å². The zero-order chi connectivity index (χ0) is 12.5. The number of alkyl halides is 3. The maximum atomic E-state index is 12.7. The Morgan fingerprint density at radius 2 is 1.94 bits per heavy atom. The fourth-order valence-electron chi connectivity index (χ4n) is 1.50. The van der Waals surface area contributed by atoms with Crippen molar-refractivity contribution in [2.45, 2.75) is 12.7 Å². The van der Waals surface area contributed by atoms with E-state index in [0.717, 1.165) is 6.07 Å². The van der Waals surface area contributed by atoms with Crippen molar-refractivity contribution in [3.8, 4) is 0 Å². The first kappa shape index (κ1) is 11.4. The van der Waals surface area contributed by atoms with Crippen molar-refractivity contribution < 1.29 is 13.2 Å². The first-order valence-electron chi connectivity index (χ1n) is 4.77. The normalized spacial score (nSPS) is 11.7. The Bertz CT molecular complexity index is 518. The number of anilines is 1. The van der Waals surface area contributed by atoms with Crippen LogP contribution in [0.3, 0.4) is 0 Å². The summed E-state index contributed by atoms with van der Waals surface area (Å²) in [6.07, 6.45) is -2.99. The average molecular weight is 242 g/mol. The summed E-state index contributed by atoms with van der Waals surface area (Å²) < 4.78 is 39.3. The summed E-state index contributed by atoms with van der Waals surface area (Å²) in [5, 5.41) is 7.12. The van der Waals surface area contributed by atoms with Crippen molar-refractivity contribution in [3.63, 3.8) is 0 Å². The molecule has 0 amide bonds. The van der Waals surface area contributed by atoms with Gasteiger partial charge in [0.05, 0.1) is 18.3 Å². The van der Waals surface area contributed by atoms with Crippen molar-refractivity contribution in [2.24, 2.45) is 0 Å². The number of nitrogens with zero attached hydrogens (tertiary/aromatic N) is 3. The van der Waals surface area contributed by atoms with E-state index >= 15 is 0 Å². The fraction of sp³-hybridized carbons (Fsp3) is 0.200. The summed E-state index contributed by atoms with van der Waals surface area (Å²) in [7, 11) is 0. The van der Waals surface area contributed by atoms with E-state index in [9.17, 15) is 13.2 Å². The Morgan fingerprint density at radius 3 is 2.53 bits per heavy atom. The minimum Gasteiger partial charge on any atom is -0.381 e. The number of rotatable bonds is 2.